The van der Waals surface area contributed by atoms with Crippen LogP contribution >= 0.6 is 0 Å². The Morgan fingerprint density at radius 1 is 1.44 bits per heavy atom. The van der Waals surface area contributed by atoms with Gasteiger partial charge in [-0.25, -0.2) is 4.79 Å². The molecule has 5 heteroatoms. The summed E-state index contributed by atoms with van der Waals surface area (Å²) in [6.45, 7) is 0. The number of aliphatic carboxylic acids is 1. The van der Waals surface area contributed by atoms with E-state index < -0.39 is 12.1 Å². The van der Waals surface area contributed by atoms with Crippen molar-refractivity contribution in [1.82, 2.24) is 4.98 Å². The van der Waals surface area contributed by atoms with Crippen molar-refractivity contribution >= 4 is 16.9 Å². The zero-order valence-electron chi connectivity index (χ0n) is 10.3. The van der Waals surface area contributed by atoms with Crippen LogP contribution in [0.15, 0.2) is 24.4 Å². The normalized spacial score (nSPS) is 12.6. The molecule has 0 saturated heterocycles. The second kappa shape index (κ2) is 5.10. The first-order valence-corrected chi connectivity index (χ1v) is 5.56. The van der Waals surface area contributed by atoms with Gasteiger partial charge in [0.25, 0.3) is 0 Å². The van der Waals surface area contributed by atoms with Crippen LogP contribution in [0.4, 0.5) is 0 Å². The molecular formula is C13H15NO4. The standard InChI is InChI=1S/C13H15NO4/c1-17-10-5-3-4-9-12(10)8(7-14-9)6-11(18-2)13(15)16/h3-5,7,11,14H,6H2,1-2H3,(H,15,16)/t11-/m0/s1. The van der Waals surface area contributed by atoms with Crippen molar-refractivity contribution in [3.8, 4) is 5.75 Å². The number of aromatic nitrogens is 1. The van der Waals surface area contributed by atoms with Crippen molar-refractivity contribution in [2.75, 3.05) is 14.2 Å². The zero-order valence-corrected chi connectivity index (χ0v) is 10.3. The number of carbonyl (C=O) groups is 1. The Kier molecular flexibility index (Phi) is 3.53. The van der Waals surface area contributed by atoms with Gasteiger partial charge in [-0.15, -0.1) is 0 Å². The molecule has 5 nitrogen and oxygen atoms in total. The molecule has 0 bridgehead atoms. The molecule has 0 amide bonds. The van der Waals surface area contributed by atoms with Crippen molar-refractivity contribution in [3.05, 3.63) is 30.0 Å². The lowest BCUT2D eigenvalue weighted by atomic mass is 10.1. The van der Waals surface area contributed by atoms with Gasteiger partial charge in [-0.2, -0.15) is 0 Å². The Hall–Kier alpha value is -2.01. The summed E-state index contributed by atoms with van der Waals surface area (Å²) < 4.78 is 10.2. The van der Waals surface area contributed by atoms with Crippen LogP contribution in [-0.2, 0) is 16.0 Å². The van der Waals surface area contributed by atoms with E-state index in [1.165, 1.54) is 7.11 Å². The van der Waals surface area contributed by atoms with E-state index in [2.05, 4.69) is 4.98 Å². The molecule has 0 aliphatic carbocycles. The number of methoxy groups -OCH3 is 2. The minimum absolute atomic E-state index is 0.298. The Morgan fingerprint density at radius 3 is 2.83 bits per heavy atom. The lowest BCUT2D eigenvalue weighted by Gasteiger charge is -2.10. The van der Waals surface area contributed by atoms with Crippen molar-refractivity contribution in [1.29, 1.82) is 0 Å². The number of H-pyrrole nitrogens is 1. The summed E-state index contributed by atoms with van der Waals surface area (Å²) in [7, 11) is 2.99. The topological polar surface area (TPSA) is 71.5 Å². The van der Waals surface area contributed by atoms with Crippen LogP contribution in [0.5, 0.6) is 5.75 Å². The summed E-state index contributed by atoms with van der Waals surface area (Å²) in [5.74, 6) is -0.245. The summed E-state index contributed by atoms with van der Waals surface area (Å²) in [5.41, 5.74) is 1.79. The number of benzene rings is 1. The monoisotopic (exact) mass is 249 g/mol. The predicted octanol–water partition coefficient (Wildman–Crippen LogP) is 1.82. The number of hydrogen-bond acceptors (Lipinski definition) is 3. The third kappa shape index (κ3) is 2.17. The van der Waals surface area contributed by atoms with E-state index in [-0.39, 0.29) is 0 Å². The summed E-state index contributed by atoms with van der Waals surface area (Å²) in [6.07, 6.45) is 1.24. The first-order chi connectivity index (χ1) is 8.67. The molecule has 0 unspecified atom stereocenters. The van der Waals surface area contributed by atoms with Crippen LogP contribution < -0.4 is 4.74 Å². The van der Waals surface area contributed by atoms with Crippen molar-refractivity contribution in [3.63, 3.8) is 0 Å². The van der Waals surface area contributed by atoms with E-state index in [9.17, 15) is 4.79 Å². The lowest BCUT2D eigenvalue weighted by Crippen LogP contribution is -2.24. The summed E-state index contributed by atoms with van der Waals surface area (Å²) in [5, 5.41) is 9.91. The number of ether oxygens (including phenoxy) is 2. The third-order valence-corrected chi connectivity index (χ3v) is 2.93. The summed E-state index contributed by atoms with van der Waals surface area (Å²) in [6, 6.07) is 5.65. The molecule has 0 saturated carbocycles. The Morgan fingerprint density at radius 2 is 2.22 bits per heavy atom. The molecule has 0 aliphatic rings. The van der Waals surface area contributed by atoms with Gasteiger partial charge in [0.1, 0.15) is 5.75 Å². The quantitative estimate of drug-likeness (QED) is 0.847. The number of fused-ring (bicyclic) bond motifs is 1. The minimum Gasteiger partial charge on any atom is -0.496 e. The molecule has 1 aromatic carbocycles. The first-order valence-electron chi connectivity index (χ1n) is 5.56. The van der Waals surface area contributed by atoms with Crippen LogP contribution in [0.2, 0.25) is 0 Å². The molecule has 96 valence electrons. The Labute approximate surface area is 104 Å². The highest BCUT2D eigenvalue weighted by atomic mass is 16.5. The number of nitrogens with one attached hydrogen (secondary N) is 1. The van der Waals surface area contributed by atoms with E-state index in [1.54, 1.807) is 13.3 Å². The molecule has 1 atom stereocenters. The maximum Gasteiger partial charge on any atom is 0.333 e. The van der Waals surface area contributed by atoms with Crippen LogP contribution in [-0.4, -0.2) is 36.4 Å². The van der Waals surface area contributed by atoms with Gasteiger partial charge in [-0.05, 0) is 17.7 Å². The van der Waals surface area contributed by atoms with Crippen molar-refractivity contribution in [2.45, 2.75) is 12.5 Å². The molecule has 0 fully saturated rings. The highest BCUT2D eigenvalue weighted by Crippen LogP contribution is 2.29. The SMILES string of the molecule is COc1cccc2[nH]cc(C[C@H](OC)C(=O)O)c12. The highest BCUT2D eigenvalue weighted by molar-refractivity contribution is 5.90. The van der Waals surface area contributed by atoms with Gasteiger partial charge in [-0.3, -0.25) is 0 Å². The number of hydrogen-bond donors (Lipinski definition) is 2. The third-order valence-electron chi connectivity index (χ3n) is 2.93. The van der Waals surface area contributed by atoms with Gasteiger partial charge in [0, 0.05) is 30.6 Å². The van der Waals surface area contributed by atoms with Crippen molar-refractivity contribution in [2.24, 2.45) is 0 Å². The summed E-state index contributed by atoms with van der Waals surface area (Å²) >= 11 is 0. The molecule has 1 aromatic heterocycles. The van der Waals surface area contributed by atoms with Crippen LogP contribution in [0.25, 0.3) is 10.9 Å². The Balaban J connectivity index is 2.42. The van der Waals surface area contributed by atoms with E-state index in [0.717, 1.165) is 22.2 Å². The van der Waals surface area contributed by atoms with Crippen LogP contribution in [0, 0.1) is 0 Å². The highest BCUT2D eigenvalue weighted by Gasteiger charge is 2.20. The Bertz CT molecular complexity index is 561. The molecule has 2 aromatic rings. The fourth-order valence-corrected chi connectivity index (χ4v) is 2.02. The van der Waals surface area contributed by atoms with Gasteiger partial charge >= 0.3 is 5.97 Å². The predicted molar refractivity (Wildman–Crippen MR) is 67.0 cm³/mol. The molecule has 0 radical (unpaired) electrons. The minimum atomic E-state index is -0.971. The number of rotatable bonds is 5. The van der Waals surface area contributed by atoms with E-state index >= 15 is 0 Å². The molecule has 2 N–H and O–H groups in total. The molecule has 18 heavy (non-hydrogen) atoms. The number of carboxylic acids is 1. The second-order valence-corrected chi connectivity index (χ2v) is 3.96. The van der Waals surface area contributed by atoms with Gasteiger partial charge < -0.3 is 19.6 Å². The van der Waals surface area contributed by atoms with Crippen LogP contribution in [0.1, 0.15) is 5.56 Å². The van der Waals surface area contributed by atoms with Gasteiger partial charge in [0.15, 0.2) is 6.10 Å². The largest absolute Gasteiger partial charge is 0.496 e. The van der Waals surface area contributed by atoms with Crippen LogP contribution in [0.3, 0.4) is 0 Å². The fourth-order valence-electron chi connectivity index (χ4n) is 2.02. The zero-order chi connectivity index (χ0) is 13.1. The van der Waals surface area contributed by atoms with Crippen molar-refractivity contribution < 1.29 is 19.4 Å². The van der Waals surface area contributed by atoms with E-state index in [0.29, 0.717) is 6.42 Å². The maximum absolute atomic E-state index is 11.0. The molecule has 0 spiro atoms. The number of aromatic amines is 1. The second-order valence-electron chi connectivity index (χ2n) is 3.96. The molecule has 1 heterocycles. The smallest absolute Gasteiger partial charge is 0.333 e. The van der Waals surface area contributed by atoms with Gasteiger partial charge in [-0.1, -0.05) is 6.07 Å². The molecular weight excluding hydrogens is 234 g/mol. The van der Waals surface area contributed by atoms with Gasteiger partial charge in [0.05, 0.1) is 7.11 Å². The average molecular weight is 249 g/mol. The average Bonchev–Trinajstić information content (AvgIpc) is 2.78. The fraction of sp³-hybridized carbons (Fsp3) is 0.308. The lowest BCUT2D eigenvalue weighted by molar-refractivity contribution is -0.148. The van der Waals surface area contributed by atoms with E-state index in [4.69, 9.17) is 14.6 Å². The summed E-state index contributed by atoms with van der Waals surface area (Å²) in [4.78, 5) is 14.1. The van der Waals surface area contributed by atoms with Gasteiger partial charge in [0.2, 0.25) is 0 Å². The van der Waals surface area contributed by atoms with E-state index in [1.807, 2.05) is 18.2 Å². The molecule has 2 rings (SSSR count). The first kappa shape index (κ1) is 12.4. The molecule has 0 aliphatic heterocycles. The number of carboxylic acid groups (broad SMARTS) is 1. The maximum atomic E-state index is 11.0.